The predicted octanol–water partition coefficient (Wildman–Crippen LogP) is 4.30. The van der Waals surface area contributed by atoms with Gasteiger partial charge in [-0.3, -0.25) is 4.79 Å². The second kappa shape index (κ2) is 12.0. The smallest absolute Gasteiger partial charge is 0.253 e. The first kappa shape index (κ1) is 23.4. The number of amides is 1. The summed E-state index contributed by atoms with van der Waals surface area (Å²) in [5.74, 6) is 2.14. The highest BCUT2D eigenvalue weighted by Gasteiger charge is 2.18. The van der Waals surface area contributed by atoms with E-state index in [0.29, 0.717) is 30.6 Å². The first-order valence-electron chi connectivity index (χ1n) is 11.4. The number of rotatable bonds is 8. The summed E-state index contributed by atoms with van der Waals surface area (Å²) in [7, 11) is 1.62. The number of anilines is 1. The Hall–Kier alpha value is -3.22. The number of nitrogens with zero attached hydrogens (tertiary/aromatic N) is 2. The molecule has 1 aliphatic rings. The molecule has 0 spiro atoms. The lowest BCUT2D eigenvalue weighted by Crippen LogP contribution is -2.35. The molecule has 1 saturated heterocycles. The molecular weight excluding hydrogens is 404 g/mol. The van der Waals surface area contributed by atoms with Crippen LogP contribution >= 0.6 is 0 Å². The van der Waals surface area contributed by atoms with Gasteiger partial charge in [-0.05, 0) is 62.9 Å². The van der Waals surface area contributed by atoms with Crippen molar-refractivity contribution in [1.82, 2.24) is 10.2 Å². The molecule has 0 bridgehead atoms. The molecular formula is C25H34N4O3. The number of benzene rings is 2. The minimum Gasteiger partial charge on any atom is -0.493 e. The van der Waals surface area contributed by atoms with Gasteiger partial charge >= 0.3 is 0 Å². The number of likely N-dealkylation sites (tertiary alicyclic amines) is 1. The average molecular weight is 439 g/mol. The van der Waals surface area contributed by atoms with Crippen LogP contribution in [-0.2, 0) is 6.54 Å². The van der Waals surface area contributed by atoms with Crippen molar-refractivity contribution in [3.05, 3.63) is 53.6 Å². The molecule has 32 heavy (non-hydrogen) atoms. The molecule has 0 atom stereocenters. The maximum Gasteiger partial charge on any atom is 0.253 e. The molecule has 3 rings (SSSR count). The zero-order valence-electron chi connectivity index (χ0n) is 19.3. The number of methoxy groups -OCH3 is 1. The van der Waals surface area contributed by atoms with Crippen molar-refractivity contribution < 1.29 is 14.3 Å². The lowest BCUT2D eigenvalue weighted by molar-refractivity contribution is 0.0724. The molecule has 1 fully saturated rings. The van der Waals surface area contributed by atoms with Crippen molar-refractivity contribution in [3.63, 3.8) is 0 Å². The monoisotopic (exact) mass is 438 g/mol. The Balaban J connectivity index is 1.70. The van der Waals surface area contributed by atoms with Gasteiger partial charge < -0.3 is 25.0 Å². The summed E-state index contributed by atoms with van der Waals surface area (Å²) >= 11 is 0. The molecule has 1 aliphatic heterocycles. The molecule has 1 heterocycles. The second-order valence-electron chi connectivity index (χ2n) is 7.67. The fourth-order valence-electron chi connectivity index (χ4n) is 3.72. The van der Waals surface area contributed by atoms with Crippen LogP contribution in [0.2, 0.25) is 0 Å². The number of ether oxygens (including phenoxy) is 2. The van der Waals surface area contributed by atoms with Gasteiger partial charge in [-0.1, -0.05) is 12.1 Å². The summed E-state index contributed by atoms with van der Waals surface area (Å²) in [5, 5.41) is 6.57. The van der Waals surface area contributed by atoms with Gasteiger partial charge in [0.1, 0.15) is 0 Å². The fourth-order valence-corrected chi connectivity index (χ4v) is 3.72. The normalized spacial score (nSPS) is 14.1. The highest BCUT2D eigenvalue weighted by atomic mass is 16.5. The maximum atomic E-state index is 12.8. The molecule has 0 aromatic heterocycles. The molecule has 0 aliphatic carbocycles. The van der Waals surface area contributed by atoms with Gasteiger partial charge in [0, 0.05) is 37.0 Å². The molecule has 172 valence electrons. The largest absolute Gasteiger partial charge is 0.493 e. The highest BCUT2D eigenvalue weighted by Crippen LogP contribution is 2.30. The summed E-state index contributed by atoms with van der Waals surface area (Å²) in [4.78, 5) is 19.5. The zero-order chi connectivity index (χ0) is 22.8. The van der Waals surface area contributed by atoms with Crippen molar-refractivity contribution in [2.75, 3.05) is 38.7 Å². The first-order chi connectivity index (χ1) is 15.6. The van der Waals surface area contributed by atoms with E-state index in [-0.39, 0.29) is 5.91 Å². The van der Waals surface area contributed by atoms with Gasteiger partial charge in [-0.15, -0.1) is 0 Å². The van der Waals surface area contributed by atoms with Crippen LogP contribution in [0.1, 0.15) is 49.0 Å². The Labute approximate surface area is 190 Å². The van der Waals surface area contributed by atoms with E-state index in [1.54, 1.807) is 7.11 Å². The molecule has 2 aromatic carbocycles. The van der Waals surface area contributed by atoms with E-state index in [9.17, 15) is 4.79 Å². The molecule has 0 unspecified atom stereocenters. The molecule has 1 amide bonds. The summed E-state index contributed by atoms with van der Waals surface area (Å²) in [6.07, 6.45) is 3.38. The quantitative estimate of drug-likeness (QED) is 0.475. The third-order valence-corrected chi connectivity index (χ3v) is 5.31. The van der Waals surface area contributed by atoms with Crippen molar-refractivity contribution in [2.45, 2.75) is 39.7 Å². The van der Waals surface area contributed by atoms with Crippen LogP contribution in [0.5, 0.6) is 11.5 Å². The molecule has 0 radical (unpaired) electrons. The number of hydrogen-bond donors (Lipinski definition) is 2. The Morgan fingerprint density at radius 1 is 1.06 bits per heavy atom. The number of carbonyl (C=O) groups excluding carboxylic acids is 1. The highest BCUT2D eigenvalue weighted by molar-refractivity contribution is 5.95. The van der Waals surface area contributed by atoms with E-state index in [2.05, 4.69) is 10.6 Å². The van der Waals surface area contributed by atoms with Gasteiger partial charge in [-0.2, -0.15) is 0 Å². The molecule has 2 N–H and O–H groups in total. The summed E-state index contributed by atoms with van der Waals surface area (Å²) < 4.78 is 11.0. The number of guanidine groups is 1. The minimum atomic E-state index is 0.113. The number of nitrogens with one attached hydrogen (secondary N) is 2. The topological polar surface area (TPSA) is 75.2 Å². The molecule has 2 aromatic rings. The summed E-state index contributed by atoms with van der Waals surface area (Å²) in [5.41, 5.74) is 2.57. The van der Waals surface area contributed by atoms with Gasteiger partial charge in [0.05, 0.1) is 20.3 Å². The van der Waals surface area contributed by atoms with E-state index in [0.717, 1.165) is 49.3 Å². The van der Waals surface area contributed by atoms with Crippen molar-refractivity contribution >= 4 is 17.6 Å². The number of hydrogen-bond acceptors (Lipinski definition) is 4. The van der Waals surface area contributed by atoms with Crippen molar-refractivity contribution in [1.29, 1.82) is 0 Å². The van der Waals surface area contributed by atoms with E-state index in [1.165, 1.54) is 6.42 Å². The standard InChI is InChI=1S/C25H34N4O3/c1-4-26-25(28-21-12-13-22(32-5-2)23(17-21)31-3)27-18-19-10-9-11-20(16-19)24(30)29-14-7-6-8-15-29/h9-13,16-17H,4-8,14-15,18H2,1-3H3,(H2,26,27,28). The zero-order valence-corrected chi connectivity index (χ0v) is 19.3. The number of aliphatic imine (C=N–C) groups is 1. The van der Waals surface area contributed by atoms with Crippen LogP contribution in [0.4, 0.5) is 5.69 Å². The fraction of sp³-hybridized carbons (Fsp3) is 0.440. The summed E-state index contributed by atoms with van der Waals surface area (Å²) in [6, 6.07) is 13.5. The van der Waals surface area contributed by atoms with Crippen LogP contribution in [0.25, 0.3) is 0 Å². The lowest BCUT2D eigenvalue weighted by atomic mass is 10.1. The van der Waals surface area contributed by atoms with E-state index < -0.39 is 0 Å². The molecule has 7 nitrogen and oxygen atoms in total. The number of piperidine rings is 1. The Morgan fingerprint density at radius 2 is 1.88 bits per heavy atom. The molecule has 0 saturated carbocycles. The maximum absolute atomic E-state index is 12.8. The second-order valence-corrected chi connectivity index (χ2v) is 7.67. The predicted molar refractivity (Wildman–Crippen MR) is 129 cm³/mol. The number of carbonyl (C=O) groups is 1. The molecule has 7 heteroatoms. The van der Waals surface area contributed by atoms with Gasteiger partial charge in [-0.25, -0.2) is 4.99 Å². The van der Waals surface area contributed by atoms with Crippen molar-refractivity contribution in [3.8, 4) is 11.5 Å². The minimum absolute atomic E-state index is 0.113. The Morgan fingerprint density at radius 3 is 2.59 bits per heavy atom. The lowest BCUT2D eigenvalue weighted by Gasteiger charge is -2.26. The van der Waals surface area contributed by atoms with Crippen molar-refractivity contribution in [2.24, 2.45) is 4.99 Å². The van der Waals surface area contributed by atoms with E-state index in [4.69, 9.17) is 14.5 Å². The van der Waals surface area contributed by atoms with Crippen LogP contribution in [0.15, 0.2) is 47.5 Å². The Kier molecular flexibility index (Phi) is 8.78. The summed E-state index contributed by atoms with van der Waals surface area (Å²) in [6.45, 7) is 7.43. The van der Waals surface area contributed by atoms with Gasteiger partial charge in [0.15, 0.2) is 17.5 Å². The third-order valence-electron chi connectivity index (χ3n) is 5.31. The van der Waals surface area contributed by atoms with Crippen LogP contribution < -0.4 is 20.1 Å². The third kappa shape index (κ3) is 6.39. The SMILES string of the molecule is CCNC(=NCc1cccc(C(=O)N2CCCCC2)c1)Nc1ccc(OCC)c(OC)c1. The van der Waals surface area contributed by atoms with Crippen LogP contribution in [0, 0.1) is 0 Å². The first-order valence-corrected chi connectivity index (χ1v) is 11.4. The Bertz CT molecular complexity index is 923. The van der Waals surface area contributed by atoms with Crippen LogP contribution in [0.3, 0.4) is 0 Å². The van der Waals surface area contributed by atoms with Gasteiger partial charge in [0.25, 0.3) is 5.91 Å². The average Bonchev–Trinajstić information content (AvgIpc) is 2.84. The van der Waals surface area contributed by atoms with Gasteiger partial charge in [0.2, 0.25) is 0 Å². The van der Waals surface area contributed by atoms with E-state index in [1.807, 2.05) is 61.2 Å². The van der Waals surface area contributed by atoms with Crippen LogP contribution in [-0.4, -0.2) is 50.1 Å². The van der Waals surface area contributed by atoms with E-state index >= 15 is 0 Å².